The molecule has 2 aliphatic rings. The van der Waals surface area contributed by atoms with Crippen LogP contribution >= 0.6 is 0 Å². The number of nitrogens with one attached hydrogen (secondary N) is 1. The van der Waals surface area contributed by atoms with Gasteiger partial charge in [0.1, 0.15) is 0 Å². The minimum atomic E-state index is -3.50. The van der Waals surface area contributed by atoms with E-state index in [-0.39, 0.29) is 22.6 Å². The van der Waals surface area contributed by atoms with E-state index in [1.807, 2.05) is 0 Å². The second-order valence-electron chi connectivity index (χ2n) is 6.77. The second-order valence-corrected chi connectivity index (χ2v) is 8.70. The average Bonchev–Trinajstić information content (AvgIpc) is 3.51. The molecule has 0 radical (unpaired) electrons. The van der Waals surface area contributed by atoms with Gasteiger partial charge in [-0.1, -0.05) is 18.2 Å². The number of carbonyl (C=O) groups is 2. The molecule has 0 atom stereocenters. The Balaban J connectivity index is 1.41. The Morgan fingerprint density at radius 3 is 2.31 bits per heavy atom. The van der Waals surface area contributed by atoms with Crippen molar-refractivity contribution in [2.45, 2.75) is 30.6 Å². The summed E-state index contributed by atoms with van der Waals surface area (Å²) >= 11 is 0. The molecular formula is C18H25N3O4S. The fraction of sp³-hybridized carbons (Fsp3) is 0.556. The van der Waals surface area contributed by atoms with Gasteiger partial charge in [0.25, 0.3) is 0 Å². The van der Waals surface area contributed by atoms with Gasteiger partial charge in [-0.3, -0.25) is 9.59 Å². The van der Waals surface area contributed by atoms with E-state index in [1.54, 1.807) is 35.2 Å². The van der Waals surface area contributed by atoms with Crippen molar-refractivity contribution in [2.75, 3.05) is 32.7 Å². The SMILES string of the molecule is O=C(NCCCC(=O)N1CCN(S(=O)(=O)c2ccccc2)CC1)C1CC1. The zero-order valence-corrected chi connectivity index (χ0v) is 15.6. The lowest BCUT2D eigenvalue weighted by Gasteiger charge is -2.34. The Labute approximate surface area is 154 Å². The van der Waals surface area contributed by atoms with E-state index >= 15 is 0 Å². The molecule has 1 saturated heterocycles. The molecule has 3 rings (SSSR count). The summed E-state index contributed by atoms with van der Waals surface area (Å²) in [5.41, 5.74) is 0. The molecule has 1 aliphatic carbocycles. The first kappa shape index (κ1) is 18.8. The highest BCUT2D eigenvalue weighted by Crippen LogP contribution is 2.28. The summed E-state index contributed by atoms with van der Waals surface area (Å²) in [7, 11) is -3.50. The van der Waals surface area contributed by atoms with Crippen LogP contribution in [0, 0.1) is 5.92 Å². The van der Waals surface area contributed by atoms with E-state index in [0.717, 1.165) is 12.8 Å². The predicted octanol–water partition coefficient (Wildman–Crippen LogP) is 0.826. The van der Waals surface area contributed by atoms with Gasteiger partial charge >= 0.3 is 0 Å². The van der Waals surface area contributed by atoms with E-state index in [2.05, 4.69) is 5.32 Å². The molecule has 2 amide bonds. The third-order valence-electron chi connectivity index (χ3n) is 4.79. The van der Waals surface area contributed by atoms with Gasteiger partial charge in [-0.2, -0.15) is 4.31 Å². The fourth-order valence-corrected chi connectivity index (χ4v) is 4.46. The maximum atomic E-state index is 12.6. The number of nitrogens with zero attached hydrogens (tertiary/aromatic N) is 2. The number of piperazine rings is 1. The van der Waals surface area contributed by atoms with E-state index in [9.17, 15) is 18.0 Å². The molecule has 2 fully saturated rings. The maximum Gasteiger partial charge on any atom is 0.243 e. The first-order chi connectivity index (χ1) is 12.5. The first-order valence-corrected chi connectivity index (χ1v) is 10.5. The van der Waals surface area contributed by atoms with Crippen LogP contribution in [-0.4, -0.2) is 62.2 Å². The third kappa shape index (κ3) is 4.62. The van der Waals surface area contributed by atoms with Gasteiger partial charge in [0.05, 0.1) is 4.90 Å². The molecule has 142 valence electrons. The van der Waals surface area contributed by atoms with E-state index < -0.39 is 10.0 Å². The van der Waals surface area contributed by atoms with Gasteiger partial charge < -0.3 is 10.2 Å². The number of benzene rings is 1. The van der Waals surface area contributed by atoms with Gasteiger partial charge in [-0.15, -0.1) is 0 Å². The van der Waals surface area contributed by atoms with E-state index in [4.69, 9.17) is 0 Å². The van der Waals surface area contributed by atoms with Crippen molar-refractivity contribution in [1.82, 2.24) is 14.5 Å². The predicted molar refractivity (Wildman–Crippen MR) is 96.7 cm³/mol. The van der Waals surface area contributed by atoms with Crippen molar-refractivity contribution in [1.29, 1.82) is 0 Å². The van der Waals surface area contributed by atoms with Crippen LogP contribution < -0.4 is 5.32 Å². The molecule has 1 aromatic carbocycles. The first-order valence-electron chi connectivity index (χ1n) is 9.09. The van der Waals surface area contributed by atoms with Crippen molar-refractivity contribution in [3.63, 3.8) is 0 Å². The van der Waals surface area contributed by atoms with Crippen LogP contribution in [-0.2, 0) is 19.6 Å². The van der Waals surface area contributed by atoms with Crippen LogP contribution in [0.4, 0.5) is 0 Å². The normalized spacial score (nSPS) is 18.5. The van der Waals surface area contributed by atoms with Gasteiger partial charge in [0.2, 0.25) is 21.8 Å². The standard InChI is InChI=1S/C18H25N3O4S/c22-17(7-4-10-19-18(23)15-8-9-15)20-11-13-21(14-12-20)26(24,25)16-5-2-1-3-6-16/h1-3,5-6,15H,4,7-14H2,(H,19,23). The molecule has 26 heavy (non-hydrogen) atoms. The summed E-state index contributed by atoms with van der Waals surface area (Å²) < 4.78 is 26.6. The number of rotatable bonds is 7. The number of sulfonamides is 1. The largest absolute Gasteiger partial charge is 0.356 e. The molecule has 0 aromatic heterocycles. The Hall–Kier alpha value is -1.93. The summed E-state index contributed by atoms with van der Waals surface area (Å²) in [4.78, 5) is 25.8. The molecular weight excluding hydrogens is 354 g/mol. The molecule has 1 N–H and O–H groups in total. The van der Waals surface area contributed by atoms with Crippen molar-refractivity contribution < 1.29 is 18.0 Å². The maximum absolute atomic E-state index is 12.6. The minimum absolute atomic E-state index is 0.0161. The summed E-state index contributed by atoms with van der Waals surface area (Å²) in [5, 5.41) is 2.85. The monoisotopic (exact) mass is 379 g/mol. The summed E-state index contributed by atoms with van der Waals surface area (Å²) in [6, 6.07) is 8.36. The van der Waals surface area contributed by atoms with Crippen LogP contribution in [0.15, 0.2) is 35.2 Å². The highest BCUT2D eigenvalue weighted by atomic mass is 32.2. The molecule has 0 unspecified atom stereocenters. The van der Waals surface area contributed by atoms with Crippen LogP contribution in [0.1, 0.15) is 25.7 Å². The molecule has 1 heterocycles. The quantitative estimate of drug-likeness (QED) is 0.711. The molecule has 1 saturated carbocycles. The third-order valence-corrected chi connectivity index (χ3v) is 6.70. The Kier molecular flexibility index (Phi) is 5.93. The van der Waals surface area contributed by atoms with Gasteiger partial charge in [-0.25, -0.2) is 8.42 Å². The minimum Gasteiger partial charge on any atom is -0.356 e. The summed E-state index contributed by atoms with van der Waals surface area (Å²) in [6.07, 6.45) is 2.93. The molecule has 1 aromatic rings. The van der Waals surface area contributed by atoms with Crippen molar-refractivity contribution in [3.8, 4) is 0 Å². The Morgan fingerprint density at radius 1 is 1.04 bits per heavy atom. The van der Waals surface area contributed by atoms with Gasteiger partial charge in [-0.05, 0) is 31.4 Å². The van der Waals surface area contributed by atoms with E-state index in [0.29, 0.717) is 45.6 Å². The zero-order chi connectivity index (χ0) is 18.6. The lowest BCUT2D eigenvalue weighted by molar-refractivity contribution is -0.132. The van der Waals surface area contributed by atoms with Crippen LogP contribution in [0.5, 0.6) is 0 Å². The zero-order valence-electron chi connectivity index (χ0n) is 14.8. The van der Waals surface area contributed by atoms with Crippen LogP contribution in [0.2, 0.25) is 0 Å². The lowest BCUT2D eigenvalue weighted by Crippen LogP contribution is -2.50. The van der Waals surface area contributed by atoms with Crippen molar-refractivity contribution in [2.24, 2.45) is 5.92 Å². The Morgan fingerprint density at radius 2 is 1.69 bits per heavy atom. The average molecular weight is 379 g/mol. The number of carbonyl (C=O) groups excluding carboxylic acids is 2. The fourth-order valence-electron chi connectivity index (χ4n) is 3.02. The second kappa shape index (κ2) is 8.18. The molecule has 1 aliphatic heterocycles. The van der Waals surface area contributed by atoms with Crippen molar-refractivity contribution >= 4 is 21.8 Å². The molecule has 7 nitrogen and oxygen atoms in total. The van der Waals surface area contributed by atoms with E-state index in [1.165, 1.54) is 4.31 Å². The molecule has 0 spiro atoms. The number of amides is 2. The molecule has 8 heteroatoms. The highest BCUT2D eigenvalue weighted by molar-refractivity contribution is 7.89. The highest BCUT2D eigenvalue weighted by Gasteiger charge is 2.30. The topological polar surface area (TPSA) is 86.8 Å². The van der Waals surface area contributed by atoms with Gasteiger partial charge in [0, 0.05) is 45.1 Å². The van der Waals surface area contributed by atoms with Gasteiger partial charge in [0.15, 0.2) is 0 Å². The number of hydrogen-bond donors (Lipinski definition) is 1. The summed E-state index contributed by atoms with van der Waals surface area (Å²) in [6.45, 7) is 1.94. The van der Waals surface area contributed by atoms with Crippen LogP contribution in [0.25, 0.3) is 0 Å². The molecule has 0 bridgehead atoms. The number of hydrogen-bond acceptors (Lipinski definition) is 4. The Bertz CT molecular complexity index is 739. The lowest BCUT2D eigenvalue weighted by atomic mass is 10.2. The summed E-state index contributed by atoms with van der Waals surface area (Å²) in [5.74, 6) is 0.296. The van der Waals surface area contributed by atoms with Crippen molar-refractivity contribution in [3.05, 3.63) is 30.3 Å². The smallest absolute Gasteiger partial charge is 0.243 e. The van der Waals surface area contributed by atoms with Crippen LogP contribution in [0.3, 0.4) is 0 Å².